The standard InChI is InChI=1S/C14H19N3O2S/c1-4-12(18)17-14(20)16-11-7-5-6-10(8-11)15-13(19)9(2)3/h5-9H,4H2,1-3H3,(H,15,19)(H2,16,17,18,20). The summed E-state index contributed by atoms with van der Waals surface area (Å²) in [5, 5.41) is 8.49. The molecule has 0 aromatic heterocycles. The average Bonchev–Trinajstić information content (AvgIpc) is 2.38. The maximum Gasteiger partial charge on any atom is 0.226 e. The van der Waals surface area contributed by atoms with Crippen LogP contribution in [0.4, 0.5) is 11.4 Å². The summed E-state index contributed by atoms with van der Waals surface area (Å²) in [6.45, 7) is 5.40. The summed E-state index contributed by atoms with van der Waals surface area (Å²) < 4.78 is 0. The van der Waals surface area contributed by atoms with Gasteiger partial charge in [-0.3, -0.25) is 9.59 Å². The van der Waals surface area contributed by atoms with Crippen LogP contribution < -0.4 is 16.0 Å². The van der Waals surface area contributed by atoms with Crippen LogP contribution in [0, 0.1) is 5.92 Å². The van der Waals surface area contributed by atoms with Gasteiger partial charge in [0.2, 0.25) is 11.8 Å². The second-order valence-corrected chi connectivity index (χ2v) is 4.99. The van der Waals surface area contributed by atoms with Crippen molar-refractivity contribution < 1.29 is 9.59 Å². The predicted molar refractivity (Wildman–Crippen MR) is 84.6 cm³/mol. The van der Waals surface area contributed by atoms with Crippen LogP contribution >= 0.6 is 12.2 Å². The van der Waals surface area contributed by atoms with E-state index in [1.807, 2.05) is 13.8 Å². The number of carbonyl (C=O) groups excluding carboxylic acids is 2. The van der Waals surface area contributed by atoms with Gasteiger partial charge >= 0.3 is 0 Å². The van der Waals surface area contributed by atoms with Crippen LogP contribution in [0.2, 0.25) is 0 Å². The molecule has 20 heavy (non-hydrogen) atoms. The zero-order chi connectivity index (χ0) is 15.1. The van der Waals surface area contributed by atoms with Gasteiger partial charge in [0, 0.05) is 23.7 Å². The first-order valence-electron chi connectivity index (χ1n) is 6.44. The SMILES string of the molecule is CCC(=O)NC(=S)Nc1cccc(NC(=O)C(C)C)c1. The Kier molecular flexibility index (Phi) is 6.11. The summed E-state index contributed by atoms with van der Waals surface area (Å²) in [4.78, 5) is 22.8. The largest absolute Gasteiger partial charge is 0.332 e. The maximum atomic E-state index is 11.6. The molecule has 6 heteroatoms. The molecule has 1 aromatic rings. The number of thiocarbonyl (C=S) groups is 1. The Balaban J connectivity index is 2.66. The van der Waals surface area contributed by atoms with Crippen molar-refractivity contribution in [1.82, 2.24) is 5.32 Å². The lowest BCUT2D eigenvalue weighted by Crippen LogP contribution is -2.33. The van der Waals surface area contributed by atoms with Gasteiger partial charge in [-0.1, -0.05) is 26.8 Å². The van der Waals surface area contributed by atoms with Crippen molar-refractivity contribution in [1.29, 1.82) is 0 Å². The normalized spacial score (nSPS) is 10.0. The summed E-state index contributed by atoms with van der Waals surface area (Å²) in [7, 11) is 0. The van der Waals surface area contributed by atoms with E-state index in [1.165, 1.54) is 0 Å². The van der Waals surface area contributed by atoms with Crippen LogP contribution in [0.1, 0.15) is 27.2 Å². The monoisotopic (exact) mass is 293 g/mol. The summed E-state index contributed by atoms with van der Waals surface area (Å²) in [6.07, 6.45) is 0.367. The minimum atomic E-state index is -0.147. The highest BCUT2D eigenvalue weighted by Gasteiger charge is 2.08. The Morgan fingerprint density at radius 1 is 1.20 bits per heavy atom. The Labute approximate surface area is 124 Å². The van der Waals surface area contributed by atoms with Crippen molar-refractivity contribution in [2.24, 2.45) is 5.92 Å². The van der Waals surface area contributed by atoms with E-state index in [9.17, 15) is 9.59 Å². The fraction of sp³-hybridized carbons (Fsp3) is 0.357. The van der Waals surface area contributed by atoms with E-state index in [4.69, 9.17) is 12.2 Å². The second-order valence-electron chi connectivity index (χ2n) is 4.58. The van der Waals surface area contributed by atoms with Crippen LogP contribution in [0.3, 0.4) is 0 Å². The van der Waals surface area contributed by atoms with E-state index in [1.54, 1.807) is 31.2 Å². The fourth-order valence-electron chi connectivity index (χ4n) is 1.34. The maximum absolute atomic E-state index is 11.6. The van der Waals surface area contributed by atoms with Crippen molar-refractivity contribution >= 4 is 40.5 Å². The van der Waals surface area contributed by atoms with E-state index in [0.29, 0.717) is 17.8 Å². The van der Waals surface area contributed by atoms with Crippen LogP contribution in [0.15, 0.2) is 24.3 Å². The Morgan fingerprint density at radius 2 is 1.80 bits per heavy atom. The highest BCUT2D eigenvalue weighted by molar-refractivity contribution is 7.80. The van der Waals surface area contributed by atoms with Crippen LogP contribution in [-0.4, -0.2) is 16.9 Å². The third-order valence-electron chi connectivity index (χ3n) is 2.49. The van der Waals surface area contributed by atoms with Crippen molar-refractivity contribution in [3.63, 3.8) is 0 Å². The van der Waals surface area contributed by atoms with Crippen molar-refractivity contribution in [3.05, 3.63) is 24.3 Å². The number of nitrogens with one attached hydrogen (secondary N) is 3. The van der Waals surface area contributed by atoms with Gasteiger partial charge in [0.15, 0.2) is 5.11 Å². The molecule has 3 N–H and O–H groups in total. The number of hydrogen-bond donors (Lipinski definition) is 3. The quantitative estimate of drug-likeness (QED) is 0.746. The highest BCUT2D eigenvalue weighted by atomic mass is 32.1. The predicted octanol–water partition coefficient (Wildman–Crippen LogP) is 2.50. The molecule has 0 radical (unpaired) electrons. The van der Waals surface area contributed by atoms with Crippen LogP contribution in [-0.2, 0) is 9.59 Å². The topological polar surface area (TPSA) is 70.2 Å². The smallest absolute Gasteiger partial charge is 0.226 e. The first-order chi connectivity index (χ1) is 9.42. The lowest BCUT2D eigenvalue weighted by atomic mass is 10.2. The van der Waals surface area contributed by atoms with Gasteiger partial charge in [0.05, 0.1) is 0 Å². The third-order valence-corrected chi connectivity index (χ3v) is 2.69. The van der Waals surface area contributed by atoms with E-state index in [2.05, 4.69) is 16.0 Å². The molecule has 0 unspecified atom stereocenters. The van der Waals surface area contributed by atoms with Crippen molar-refractivity contribution in [3.8, 4) is 0 Å². The summed E-state index contributed by atoms with van der Waals surface area (Å²) in [6, 6.07) is 7.14. The first-order valence-corrected chi connectivity index (χ1v) is 6.85. The van der Waals surface area contributed by atoms with E-state index in [-0.39, 0.29) is 22.8 Å². The van der Waals surface area contributed by atoms with Gasteiger partial charge in [0.25, 0.3) is 0 Å². The van der Waals surface area contributed by atoms with Gasteiger partial charge in [-0.05, 0) is 30.4 Å². The Bertz CT molecular complexity index is 515. The molecule has 5 nitrogen and oxygen atoms in total. The summed E-state index contributed by atoms with van der Waals surface area (Å²) in [5.74, 6) is -0.285. The molecule has 2 amide bonds. The fourth-order valence-corrected chi connectivity index (χ4v) is 1.57. The lowest BCUT2D eigenvalue weighted by Gasteiger charge is -2.11. The minimum Gasteiger partial charge on any atom is -0.332 e. The summed E-state index contributed by atoms with van der Waals surface area (Å²) in [5.41, 5.74) is 1.38. The second kappa shape index (κ2) is 7.59. The molecule has 1 rings (SSSR count). The summed E-state index contributed by atoms with van der Waals surface area (Å²) >= 11 is 5.02. The van der Waals surface area contributed by atoms with Gasteiger partial charge in [-0.15, -0.1) is 0 Å². The third kappa shape index (κ3) is 5.36. The average molecular weight is 293 g/mol. The highest BCUT2D eigenvalue weighted by Crippen LogP contribution is 2.15. The van der Waals surface area contributed by atoms with Gasteiger partial charge in [-0.2, -0.15) is 0 Å². The number of hydrogen-bond acceptors (Lipinski definition) is 3. The molecule has 0 bridgehead atoms. The number of benzene rings is 1. The molecule has 0 atom stereocenters. The molecule has 0 aliphatic heterocycles. The van der Waals surface area contributed by atoms with Crippen molar-refractivity contribution in [2.45, 2.75) is 27.2 Å². The zero-order valence-electron chi connectivity index (χ0n) is 11.8. The molecule has 108 valence electrons. The number of rotatable bonds is 4. The number of carbonyl (C=O) groups is 2. The molecule has 0 aliphatic rings. The Morgan fingerprint density at radius 3 is 2.35 bits per heavy atom. The van der Waals surface area contributed by atoms with E-state index in [0.717, 1.165) is 0 Å². The molecule has 0 fully saturated rings. The van der Waals surface area contributed by atoms with E-state index >= 15 is 0 Å². The van der Waals surface area contributed by atoms with Crippen LogP contribution in [0.25, 0.3) is 0 Å². The number of amides is 2. The minimum absolute atomic E-state index is 0.0518. The molecule has 0 aliphatic carbocycles. The zero-order valence-corrected chi connectivity index (χ0v) is 12.6. The number of anilines is 2. The van der Waals surface area contributed by atoms with Crippen LogP contribution in [0.5, 0.6) is 0 Å². The van der Waals surface area contributed by atoms with Crippen molar-refractivity contribution in [2.75, 3.05) is 10.6 Å². The Hall–Kier alpha value is -1.95. The van der Waals surface area contributed by atoms with E-state index < -0.39 is 0 Å². The van der Waals surface area contributed by atoms with Gasteiger partial charge < -0.3 is 16.0 Å². The van der Waals surface area contributed by atoms with Gasteiger partial charge in [0.1, 0.15) is 0 Å². The molecule has 0 spiro atoms. The van der Waals surface area contributed by atoms with Gasteiger partial charge in [-0.25, -0.2) is 0 Å². The molecular formula is C14H19N3O2S. The molecule has 0 saturated heterocycles. The molecule has 0 heterocycles. The molecular weight excluding hydrogens is 274 g/mol. The molecule has 1 aromatic carbocycles. The molecule has 0 saturated carbocycles. The first kappa shape index (κ1) is 16.1. The lowest BCUT2D eigenvalue weighted by molar-refractivity contribution is -0.119.